The predicted octanol–water partition coefficient (Wildman–Crippen LogP) is -0.251. The summed E-state index contributed by atoms with van der Waals surface area (Å²) in [6.45, 7) is 0. The monoisotopic (exact) mass is 145 g/mol. The lowest BCUT2D eigenvalue weighted by Gasteiger charge is -1.66. The van der Waals surface area contributed by atoms with Crippen LogP contribution in [0.5, 0.6) is 0 Å². The van der Waals surface area contributed by atoms with Crippen LogP contribution in [0.4, 0.5) is 0 Å². The van der Waals surface area contributed by atoms with Crippen molar-refractivity contribution < 1.29 is 4.79 Å². The van der Waals surface area contributed by atoms with Crippen LogP contribution in [0.2, 0.25) is 0 Å². The molecule has 9 heavy (non-hydrogen) atoms. The Morgan fingerprint density at radius 1 is 1.78 bits per heavy atom. The Morgan fingerprint density at radius 3 is 2.56 bits per heavy atom. The molecule has 0 fully saturated rings. The average molecular weight is 145 g/mol. The number of hydrogen-bond acceptors (Lipinski definition) is 4. The van der Waals surface area contributed by atoms with Gasteiger partial charge in [-0.3, -0.25) is 15.2 Å². The lowest BCUT2D eigenvalue weighted by molar-refractivity contribution is -0.109. The second-order valence-corrected chi connectivity index (χ2v) is 1.72. The number of carbonyl (C=O) groups excluding carboxylic acids is 1. The Labute approximate surface area is 56.7 Å². The Morgan fingerprint density at radius 2 is 2.44 bits per heavy atom. The van der Waals surface area contributed by atoms with Crippen LogP contribution in [-0.4, -0.2) is 11.4 Å². The molecule has 1 amide bonds. The minimum absolute atomic E-state index is 0.403. The van der Waals surface area contributed by atoms with Crippen molar-refractivity contribution in [1.29, 1.82) is 0 Å². The molecule has 1 aromatic heterocycles. The van der Waals surface area contributed by atoms with E-state index in [2.05, 4.69) is 10.8 Å². The summed E-state index contributed by atoms with van der Waals surface area (Å²) in [5.74, 6) is 4.41. The molecule has 0 atom stereocenters. The molecule has 50 valence electrons. The SMILES string of the molecule is NNC=O.c1cscn1. The first kappa shape index (κ1) is 8.06. The number of amides is 1. The van der Waals surface area contributed by atoms with Gasteiger partial charge in [-0.2, -0.15) is 0 Å². The molecule has 0 aliphatic heterocycles. The van der Waals surface area contributed by atoms with Crippen LogP contribution in [0.1, 0.15) is 0 Å². The predicted molar refractivity (Wildman–Crippen MR) is 35.5 cm³/mol. The van der Waals surface area contributed by atoms with Crippen molar-refractivity contribution in [2.75, 3.05) is 0 Å². The first-order valence-electron chi connectivity index (χ1n) is 2.13. The van der Waals surface area contributed by atoms with Gasteiger partial charge in [0.1, 0.15) is 0 Å². The first-order valence-corrected chi connectivity index (χ1v) is 3.08. The molecule has 0 aromatic carbocycles. The van der Waals surface area contributed by atoms with Crippen LogP contribution >= 0.6 is 11.3 Å². The number of rotatable bonds is 1. The van der Waals surface area contributed by atoms with E-state index in [1.54, 1.807) is 28.5 Å². The van der Waals surface area contributed by atoms with Crippen LogP contribution in [0.25, 0.3) is 0 Å². The molecule has 3 N–H and O–H groups in total. The minimum Gasteiger partial charge on any atom is -0.297 e. The summed E-state index contributed by atoms with van der Waals surface area (Å²) in [6, 6.07) is 0. The van der Waals surface area contributed by atoms with Crippen molar-refractivity contribution in [3.63, 3.8) is 0 Å². The molecule has 1 aromatic rings. The minimum atomic E-state index is 0.403. The standard InChI is InChI=1S/C3H3NS.CH4N2O/c1-2-5-3-4-1;2-3-1-4/h1-3H;1H,2H2,(H,3,4). The lowest BCUT2D eigenvalue weighted by atomic mass is 11.0. The maximum absolute atomic E-state index is 8.94. The Balaban J connectivity index is 0.000000148. The number of carbonyl (C=O) groups is 1. The van der Waals surface area contributed by atoms with Crippen molar-refractivity contribution in [3.05, 3.63) is 17.1 Å². The van der Waals surface area contributed by atoms with Crippen LogP contribution in [0, 0.1) is 0 Å². The van der Waals surface area contributed by atoms with E-state index in [-0.39, 0.29) is 0 Å². The zero-order valence-corrected chi connectivity index (χ0v) is 5.47. The van der Waals surface area contributed by atoms with E-state index in [1.165, 1.54) is 0 Å². The molecule has 1 heterocycles. The number of nitrogens with one attached hydrogen (secondary N) is 1. The van der Waals surface area contributed by atoms with Gasteiger partial charge in [-0.15, -0.1) is 11.3 Å². The molecular weight excluding hydrogens is 138 g/mol. The van der Waals surface area contributed by atoms with Crippen LogP contribution < -0.4 is 11.3 Å². The summed E-state index contributed by atoms with van der Waals surface area (Å²) in [7, 11) is 0. The number of nitrogens with zero attached hydrogens (tertiary/aromatic N) is 1. The molecule has 0 aliphatic rings. The zero-order chi connectivity index (χ0) is 6.95. The van der Waals surface area contributed by atoms with E-state index >= 15 is 0 Å². The van der Waals surface area contributed by atoms with Gasteiger partial charge in [0.25, 0.3) is 0 Å². The van der Waals surface area contributed by atoms with Gasteiger partial charge < -0.3 is 0 Å². The second kappa shape index (κ2) is 7.06. The smallest absolute Gasteiger partial charge is 0.221 e. The van der Waals surface area contributed by atoms with E-state index in [1.807, 2.05) is 5.38 Å². The molecular formula is C4H7N3OS. The van der Waals surface area contributed by atoms with Crippen molar-refractivity contribution in [2.45, 2.75) is 0 Å². The summed E-state index contributed by atoms with van der Waals surface area (Å²) in [4.78, 5) is 12.7. The van der Waals surface area contributed by atoms with E-state index < -0.39 is 0 Å². The first-order chi connectivity index (χ1) is 4.41. The zero-order valence-electron chi connectivity index (χ0n) is 4.65. The second-order valence-electron chi connectivity index (χ2n) is 0.960. The third kappa shape index (κ3) is 7.06. The van der Waals surface area contributed by atoms with Crippen molar-refractivity contribution in [1.82, 2.24) is 10.4 Å². The highest BCUT2D eigenvalue weighted by atomic mass is 32.1. The molecule has 1 rings (SSSR count). The van der Waals surface area contributed by atoms with Gasteiger partial charge in [-0.05, 0) is 0 Å². The van der Waals surface area contributed by atoms with Crippen LogP contribution in [0.3, 0.4) is 0 Å². The molecule has 0 unspecified atom stereocenters. The van der Waals surface area contributed by atoms with Crippen molar-refractivity contribution in [3.8, 4) is 0 Å². The quantitative estimate of drug-likeness (QED) is 0.248. The summed E-state index contributed by atoms with van der Waals surface area (Å²) < 4.78 is 0. The maximum Gasteiger partial charge on any atom is 0.221 e. The summed E-state index contributed by atoms with van der Waals surface area (Å²) in [5, 5.41) is 1.93. The van der Waals surface area contributed by atoms with Gasteiger partial charge >= 0.3 is 0 Å². The fourth-order valence-corrected chi connectivity index (χ4v) is 0.527. The summed E-state index contributed by atoms with van der Waals surface area (Å²) in [5.41, 5.74) is 3.54. The molecule has 0 aliphatic carbocycles. The van der Waals surface area contributed by atoms with Crippen LogP contribution in [-0.2, 0) is 4.79 Å². The lowest BCUT2D eigenvalue weighted by Crippen LogP contribution is -2.18. The van der Waals surface area contributed by atoms with E-state index in [0.29, 0.717) is 6.41 Å². The normalized spacial score (nSPS) is 6.78. The molecule has 0 spiro atoms. The highest BCUT2D eigenvalue weighted by Gasteiger charge is 1.59. The molecule has 0 saturated carbocycles. The van der Waals surface area contributed by atoms with E-state index in [0.717, 1.165) is 0 Å². The fraction of sp³-hybridized carbons (Fsp3) is 0. The Bertz CT molecular complexity index is 113. The highest BCUT2D eigenvalue weighted by Crippen LogP contribution is 1.85. The summed E-state index contributed by atoms with van der Waals surface area (Å²) >= 11 is 1.60. The fourth-order valence-electron chi connectivity index (χ4n) is 0.176. The highest BCUT2D eigenvalue weighted by molar-refractivity contribution is 7.07. The molecule has 4 nitrogen and oxygen atoms in total. The van der Waals surface area contributed by atoms with Crippen molar-refractivity contribution in [2.24, 2.45) is 5.84 Å². The van der Waals surface area contributed by atoms with Crippen LogP contribution in [0.15, 0.2) is 17.1 Å². The topological polar surface area (TPSA) is 68.0 Å². The Kier molecular flexibility index (Phi) is 6.32. The molecule has 0 bridgehead atoms. The Hall–Kier alpha value is -0.940. The number of aromatic nitrogens is 1. The number of hydrogen-bond donors (Lipinski definition) is 2. The number of nitrogens with two attached hydrogens (primary N) is 1. The van der Waals surface area contributed by atoms with Gasteiger partial charge in [0.2, 0.25) is 6.41 Å². The van der Waals surface area contributed by atoms with E-state index in [4.69, 9.17) is 4.79 Å². The molecule has 0 saturated heterocycles. The van der Waals surface area contributed by atoms with Gasteiger partial charge in [0.15, 0.2) is 0 Å². The molecule has 5 heteroatoms. The van der Waals surface area contributed by atoms with Gasteiger partial charge in [0.05, 0.1) is 5.51 Å². The third-order valence-corrected chi connectivity index (χ3v) is 0.938. The number of hydrazine groups is 1. The van der Waals surface area contributed by atoms with Gasteiger partial charge in [0, 0.05) is 11.6 Å². The number of thiazole rings is 1. The summed E-state index contributed by atoms with van der Waals surface area (Å²) in [6.07, 6.45) is 2.17. The average Bonchev–Trinajstić information content (AvgIpc) is 2.43. The third-order valence-electron chi connectivity index (χ3n) is 0.415. The van der Waals surface area contributed by atoms with Crippen molar-refractivity contribution >= 4 is 17.7 Å². The van der Waals surface area contributed by atoms with Gasteiger partial charge in [-0.25, -0.2) is 5.84 Å². The van der Waals surface area contributed by atoms with E-state index in [9.17, 15) is 0 Å². The van der Waals surface area contributed by atoms with Gasteiger partial charge in [-0.1, -0.05) is 0 Å². The maximum atomic E-state index is 8.94. The largest absolute Gasteiger partial charge is 0.297 e. The molecule has 0 radical (unpaired) electrons.